The molecule has 33 heteroatoms. The van der Waals surface area contributed by atoms with Crippen LogP contribution in [0.2, 0.25) is 0 Å². The predicted octanol–water partition coefficient (Wildman–Crippen LogP) is -3.59. The van der Waals surface area contributed by atoms with Gasteiger partial charge in [0.1, 0.15) is 60.3 Å². The highest BCUT2D eigenvalue weighted by Crippen LogP contribution is 2.49. The normalized spacial score (nSPS) is 29.1. The second-order valence-corrected chi connectivity index (χ2v) is 16.3. The first kappa shape index (κ1) is 39.2. The molecular weight excluding hydrogens is 810 g/mol. The fourth-order valence-electron chi connectivity index (χ4n) is 5.18. The number of hydrogen-bond donors (Lipinski definition) is 8. The van der Waals surface area contributed by atoms with E-state index < -0.39 is 98.7 Å². The lowest BCUT2D eigenvalue weighted by molar-refractivity contribution is -0.0507. The molecule has 0 saturated carbocycles. The summed E-state index contributed by atoms with van der Waals surface area (Å²) in [7, 11) is -22.7. The molecule has 6 heterocycles. The van der Waals surface area contributed by atoms with Crippen LogP contribution in [-0.2, 0) is 60.6 Å². The molecule has 10 atom stereocenters. The molecule has 0 aromatic carbocycles. The maximum absolute atomic E-state index is 12.9. The van der Waals surface area contributed by atoms with Gasteiger partial charge in [-0.3, -0.25) is 22.7 Å². The quantitative estimate of drug-likeness (QED) is 0.0449. The highest BCUT2D eigenvalue weighted by molar-refractivity contribution is 7.86. The van der Waals surface area contributed by atoms with Gasteiger partial charge in [0, 0.05) is 0 Å². The van der Waals surface area contributed by atoms with E-state index >= 15 is 0 Å². The number of nitrogen functional groups attached to an aromatic ring is 2. The van der Waals surface area contributed by atoms with Crippen molar-refractivity contribution in [1.82, 2.24) is 39.0 Å². The third kappa shape index (κ3) is 8.45. The van der Waals surface area contributed by atoms with E-state index in [1.54, 1.807) is 0 Å². The van der Waals surface area contributed by atoms with Crippen LogP contribution >= 0.6 is 15.6 Å². The summed E-state index contributed by atoms with van der Waals surface area (Å²) < 4.78 is 116. The summed E-state index contributed by atoms with van der Waals surface area (Å²) in [5.74, 6) is -0.133. The summed E-state index contributed by atoms with van der Waals surface area (Å²) in [5, 5.41) is 32.2. The van der Waals surface area contributed by atoms with Crippen molar-refractivity contribution in [3.05, 3.63) is 25.3 Å². The fourth-order valence-corrected chi connectivity index (χ4v) is 8.72. The van der Waals surface area contributed by atoms with Gasteiger partial charge in [0.25, 0.3) is 0 Å². The first-order chi connectivity index (χ1) is 24.7. The number of ether oxygens (including phenoxy) is 2. The number of nitrogens with zero attached hydrogens (tertiary/aromatic N) is 8. The van der Waals surface area contributed by atoms with Crippen molar-refractivity contribution < 1.29 is 86.3 Å². The van der Waals surface area contributed by atoms with E-state index in [9.17, 15) is 51.1 Å². The zero-order valence-corrected chi connectivity index (χ0v) is 29.2. The zero-order chi connectivity index (χ0) is 38.7. The van der Waals surface area contributed by atoms with Gasteiger partial charge in [0.15, 0.2) is 35.4 Å². The van der Waals surface area contributed by atoms with Crippen LogP contribution in [0.3, 0.4) is 0 Å². The van der Waals surface area contributed by atoms with Crippen LogP contribution in [-0.4, -0.2) is 135 Å². The van der Waals surface area contributed by atoms with E-state index in [0.717, 1.165) is 29.9 Å². The summed E-state index contributed by atoms with van der Waals surface area (Å²) in [4.78, 5) is 43.3. The molecule has 0 amide bonds. The third-order valence-electron chi connectivity index (χ3n) is 7.38. The monoisotopic (exact) mass is 836 g/mol. The summed E-state index contributed by atoms with van der Waals surface area (Å²) in [6.07, 6.45) is -10.3. The molecule has 0 aliphatic carbocycles. The maximum atomic E-state index is 12.9. The number of rotatable bonds is 14. The number of phosphoric ester groups is 2. The molecule has 2 unspecified atom stereocenters. The Morgan fingerprint density at radius 3 is 1.72 bits per heavy atom. The first-order valence-electron chi connectivity index (χ1n) is 14.1. The second kappa shape index (κ2) is 14.3. The predicted molar refractivity (Wildman–Crippen MR) is 164 cm³/mol. The SMILES string of the molecule is Nc1ncnc2c1ncn2[C@@H]1O[C@H](COP(=O)(O)OS(=O)(=O)O[C@H]2[C@@H](O)[C@H](n3cnc4c(N)ncnc43)O[C@@H]2COP(=O)(O)OS(=O)(=O)O)[C@@H](O)[C@H]1O. The number of nitrogens with two attached hydrogens (primary N) is 2. The van der Waals surface area contributed by atoms with Gasteiger partial charge in [-0.25, -0.2) is 43.2 Å². The lowest BCUT2D eigenvalue weighted by Gasteiger charge is -2.21. The van der Waals surface area contributed by atoms with Crippen molar-refractivity contribution in [3.63, 3.8) is 0 Å². The fraction of sp³-hybridized carbons (Fsp3) is 0.500. The van der Waals surface area contributed by atoms with Crippen molar-refractivity contribution in [1.29, 1.82) is 0 Å². The number of aromatic nitrogens is 8. The van der Waals surface area contributed by atoms with Crippen LogP contribution in [0.1, 0.15) is 12.5 Å². The number of anilines is 2. The highest BCUT2D eigenvalue weighted by atomic mass is 32.3. The molecule has 0 bridgehead atoms. The molecule has 6 rings (SSSR count). The molecule has 2 fully saturated rings. The molecule has 2 saturated heterocycles. The van der Waals surface area contributed by atoms with Crippen LogP contribution in [0.25, 0.3) is 22.3 Å². The van der Waals surface area contributed by atoms with Crippen LogP contribution in [0.15, 0.2) is 25.3 Å². The summed E-state index contributed by atoms with van der Waals surface area (Å²) in [6.45, 7) is -2.38. The van der Waals surface area contributed by atoms with Gasteiger partial charge >= 0.3 is 36.4 Å². The van der Waals surface area contributed by atoms with E-state index in [-0.39, 0.29) is 34.0 Å². The molecular formula is C20H26N10O19P2S2. The molecule has 2 aliphatic rings. The number of aliphatic hydroxyl groups is 3. The molecule has 10 N–H and O–H groups in total. The van der Waals surface area contributed by atoms with Gasteiger partial charge in [0.2, 0.25) is 0 Å². The molecule has 4 aromatic heterocycles. The average Bonchev–Trinajstić information content (AvgIpc) is 3.80. The number of imidazole rings is 2. The van der Waals surface area contributed by atoms with E-state index in [2.05, 4.69) is 46.9 Å². The Morgan fingerprint density at radius 2 is 1.19 bits per heavy atom. The topological polar surface area (TPSA) is 428 Å². The van der Waals surface area contributed by atoms with Gasteiger partial charge in [-0.15, -0.1) is 7.94 Å². The molecule has 4 aromatic rings. The highest BCUT2D eigenvalue weighted by Gasteiger charge is 2.51. The van der Waals surface area contributed by atoms with E-state index in [1.807, 2.05) is 0 Å². The van der Waals surface area contributed by atoms with Crippen molar-refractivity contribution in [2.24, 2.45) is 0 Å². The van der Waals surface area contributed by atoms with Crippen molar-refractivity contribution in [2.75, 3.05) is 24.7 Å². The summed E-state index contributed by atoms with van der Waals surface area (Å²) >= 11 is 0. The van der Waals surface area contributed by atoms with Gasteiger partial charge in [0.05, 0.1) is 25.9 Å². The second-order valence-electron chi connectivity index (χ2n) is 10.8. The van der Waals surface area contributed by atoms with E-state index in [0.29, 0.717) is 0 Å². The molecule has 53 heavy (non-hydrogen) atoms. The summed E-state index contributed by atoms with van der Waals surface area (Å²) in [5.41, 5.74) is 11.6. The Bertz CT molecular complexity index is 2330. The van der Waals surface area contributed by atoms with Gasteiger partial charge in [-0.05, 0) is 0 Å². The van der Waals surface area contributed by atoms with Crippen LogP contribution in [0.4, 0.5) is 11.6 Å². The molecule has 0 spiro atoms. The number of hydrogen-bond acceptors (Lipinski definition) is 24. The Balaban J connectivity index is 1.16. The standard InChI is InChI=1S/C20H26N10O19P2S2/c21-15-9-17(25-3-23-15)29(5-27-9)19-12(32)11(31)7(45-19)1-43-51(36,37)49-53(41,42)47-14-8(2-44-50(34,35)48-52(38,39)40)46-20(13(14)33)30-6-28-10-16(22)24-4-26-18(10)30/h3-8,11-14,19-20,31-33H,1-2H2,(H,34,35)(H,36,37)(H2,21,23,25)(H2,22,24,26)(H,38,39,40)/t7-,8-,11-,12-,13-,14-,19-,20-/m1/s1. The zero-order valence-electron chi connectivity index (χ0n) is 25.8. The third-order valence-corrected chi connectivity index (χ3v) is 11.8. The van der Waals surface area contributed by atoms with Crippen LogP contribution < -0.4 is 11.5 Å². The molecule has 29 nitrogen and oxygen atoms in total. The van der Waals surface area contributed by atoms with E-state index in [1.165, 1.54) is 4.57 Å². The lowest BCUT2D eigenvalue weighted by atomic mass is 10.1. The minimum Gasteiger partial charge on any atom is -0.387 e. The minimum atomic E-state index is -5.75. The first-order valence-corrected chi connectivity index (χ1v) is 19.8. The van der Waals surface area contributed by atoms with Gasteiger partial charge in [-0.1, -0.05) is 0 Å². The maximum Gasteiger partial charge on any atom is 0.488 e. The Labute approximate surface area is 294 Å². The largest absolute Gasteiger partial charge is 0.488 e. The average molecular weight is 837 g/mol. The van der Waals surface area contributed by atoms with E-state index in [4.69, 9.17) is 29.7 Å². The Kier molecular flexibility index (Phi) is 10.6. The lowest BCUT2D eigenvalue weighted by Crippen LogP contribution is -2.38. The number of fused-ring (bicyclic) bond motifs is 2. The molecule has 2 aliphatic heterocycles. The Hall–Kier alpha value is -3.46. The number of aliphatic hydroxyl groups excluding tert-OH is 3. The van der Waals surface area contributed by atoms with Crippen LogP contribution in [0, 0.1) is 0 Å². The van der Waals surface area contributed by atoms with Crippen LogP contribution in [0.5, 0.6) is 0 Å². The van der Waals surface area contributed by atoms with Crippen molar-refractivity contribution >= 4 is 70.4 Å². The minimum absolute atomic E-state index is 0.0101. The molecule has 292 valence electrons. The smallest absolute Gasteiger partial charge is 0.387 e. The summed E-state index contributed by atoms with van der Waals surface area (Å²) in [6, 6.07) is 0. The van der Waals surface area contributed by atoms with Gasteiger partial charge in [-0.2, -0.15) is 16.8 Å². The van der Waals surface area contributed by atoms with Crippen molar-refractivity contribution in [2.45, 2.75) is 49.1 Å². The molecule has 0 radical (unpaired) electrons. The Morgan fingerprint density at radius 1 is 0.717 bits per heavy atom. The van der Waals surface area contributed by atoms with Crippen molar-refractivity contribution in [3.8, 4) is 0 Å². The van der Waals surface area contributed by atoms with Gasteiger partial charge < -0.3 is 46.0 Å². The number of phosphoric acid groups is 2.